The highest BCUT2D eigenvalue weighted by molar-refractivity contribution is 5.62. The lowest BCUT2D eigenvalue weighted by molar-refractivity contribution is 0.0304. The Kier molecular flexibility index (Phi) is 2.71. The monoisotopic (exact) mass is 243 g/mol. The number of nitrogens with zero attached hydrogens (tertiary/aromatic N) is 3. The number of morpholine rings is 1. The highest BCUT2D eigenvalue weighted by atomic mass is 16.5. The third kappa shape index (κ3) is 1.85. The molecule has 2 atom stereocenters. The quantitative estimate of drug-likeness (QED) is 0.756. The van der Waals surface area contributed by atoms with Crippen LogP contribution in [0.4, 0.5) is 5.69 Å². The molecule has 2 aliphatic rings. The van der Waals surface area contributed by atoms with E-state index in [1.165, 1.54) is 0 Å². The molecule has 4 heteroatoms. The smallest absolute Gasteiger partial charge is 0.103 e. The van der Waals surface area contributed by atoms with Crippen molar-refractivity contribution in [1.82, 2.24) is 4.98 Å². The third-order valence-electron chi connectivity index (χ3n) is 3.80. The summed E-state index contributed by atoms with van der Waals surface area (Å²) in [6.07, 6.45) is 2.96. The van der Waals surface area contributed by atoms with Gasteiger partial charge in [-0.1, -0.05) is 0 Å². The van der Waals surface area contributed by atoms with Crippen molar-refractivity contribution in [3.63, 3.8) is 0 Å². The first-order valence-electron chi connectivity index (χ1n) is 6.46. The summed E-state index contributed by atoms with van der Waals surface area (Å²) >= 11 is 0. The first-order valence-corrected chi connectivity index (χ1v) is 6.46. The van der Waals surface area contributed by atoms with Gasteiger partial charge in [0.05, 0.1) is 29.2 Å². The van der Waals surface area contributed by atoms with Crippen molar-refractivity contribution in [2.75, 3.05) is 18.0 Å². The van der Waals surface area contributed by atoms with Crippen molar-refractivity contribution >= 4 is 5.69 Å². The molecule has 4 nitrogen and oxygen atoms in total. The number of ether oxygens (including phenoxy) is 1. The van der Waals surface area contributed by atoms with Crippen molar-refractivity contribution in [2.24, 2.45) is 0 Å². The normalized spacial score (nSPS) is 26.2. The fraction of sp³-hybridized carbons (Fsp3) is 0.571. The summed E-state index contributed by atoms with van der Waals surface area (Å²) in [7, 11) is 0. The van der Waals surface area contributed by atoms with Crippen molar-refractivity contribution < 1.29 is 4.74 Å². The molecule has 0 aromatic carbocycles. The van der Waals surface area contributed by atoms with Crippen LogP contribution < -0.4 is 4.90 Å². The van der Waals surface area contributed by atoms with E-state index in [1.54, 1.807) is 0 Å². The van der Waals surface area contributed by atoms with Crippen LogP contribution in [0.2, 0.25) is 0 Å². The van der Waals surface area contributed by atoms with E-state index in [-0.39, 0.29) is 0 Å². The van der Waals surface area contributed by atoms with Crippen LogP contribution in [0.5, 0.6) is 0 Å². The minimum absolute atomic E-state index is 0.337. The molecule has 0 spiro atoms. The second-order valence-electron chi connectivity index (χ2n) is 5.22. The summed E-state index contributed by atoms with van der Waals surface area (Å²) in [5, 5.41) is 9.32. The standard InChI is InChI=1S/C14H17N3O/c1-9-5-14(13(6-15)10(2)16-9)17-7-11-3-4-12(8-17)18-11/h5,11-12H,3-4,7-8H2,1-2H3. The zero-order valence-corrected chi connectivity index (χ0v) is 10.8. The SMILES string of the molecule is Cc1cc(N2CC3CCC(C2)O3)c(C#N)c(C)n1. The minimum atomic E-state index is 0.337. The molecule has 1 aromatic rings. The molecule has 0 radical (unpaired) electrons. The van der Waals surface area contributed by atoms with Crippen LogP contribution in [0, 0.1) is 25.2 Å². The molecule has 2 aliphatic heterocycles. The van der Waals surface area contributed by atoms with Crippen molar-refractivity contribution in [3.05, 3.63) is 23.0 Å². The Bertz CT molecular complexity index is 509. The lowest BCUT2D eigenvalue weighted by atomic mass is 10.1. The van der Waals surface area contributed by atoms with Crippen LogP contribution in [-0.2, 0) is 4.74 Å². The van der Waals surface area contributed by atoms with E-state index in [9.17, 15) is 5.26 Å². The van der Waals surface area contributed by atoms with Crippen LogP contribution in [0.15, 0.2) is 6.07 Å². The first-order chi connectivity index (χ1) is 8.67. The van der Waals surface area contributed by atoms with Gasteiger partial charge in [0.1, 0.15) is 6.07 Å². The molecular weight excluding hydrogens is 226 g/mol. The van der Waals surface area contributed by atoms with Crippen molar-refractivity contribution in [2.45, 2.75) is 38.9 Å². The molecule has 3 heterocycles. The molecular formula is C14H17N3O. The Balaban J connectivity index is 1.99. The predicted octanol–water partition coefficient (Wildman–Crippen LogP) is 1.94. The molecule has 0 saturated carbocycles. The molecule has 1 aromatic heterocycles. The predicted molar refractivity (Wildman–Crippen MR) is 68.5 cm³/mol. The lowest BCUT2D eigenvalue weighted by Gasteiger charge is -2.34. The molecule has 94 valence electrons. The molecule has 2 unspecified atom stereocenters. The van der Waals surface area contributed by atoms with E-state index in [0.29, 0.717) is 17.8 Å². The topological polar surface area (TPSA) is 49.1 Å². The van der Waals surface area contributed by atoms with Crippen LogP contribution in [0.25, 0.3) is 0 Å². The van der Waals surface area contributed by atoms with Crippen molar-refractivity contribution in [3.8, 4) is 6.07 Å². The van der Waals surface area contributed by atoms with Gasteiger partial charge in [0.2, 0.25) is 0 Å². The number of hydrogen-bond donors (Lipinski definition) is 0. The van der Waals surface area contributed by atoms with Gasteiger partial charge in [0.25, 0.3) is 0 Å². The average molecular weight is 243 g/mol. The van der Waals surface area contributed by atoms with Gasteiger partial charge in [0.15, 0.2) is 0 Å². The Hall–Kier alpha value is -1.60. The van der Waals surface area contributed by atoms with E-state index in [4.69, 9.17) is 4.74 Å². The molecule has 0 N–H and O–H groups in total. The fourth-order valence-electron chi connectivity index (χ4n) is 3.01. The van der Waals surface area contributed by atoms with E-state index in [0.717, 1.165) is 43.0 Å². The molecule has 0 amide bonds. The van der Waals surface area contributed by atoms with Crippen LogP contribution >= 0.6 is 0 Å². The maximum atomic E-state index is 9.32. The summed E-state index contributed by atoms with van der Waals surface area (Å²) < 4.78 is 5.84. The summed E-state index contributed by atoms with van der Waals surface area (Å²) in [5.74, 6) is 0. The first kappa shape index (κ1) is 11.5. The second-order valence-corrected chi connectivity index (χ2v) is 5.22. The number of fused-ring (bicyclic) bond motifs is 2. The van der Waals surface area contributed by atoms with E-state index < -0.39 is 0 Å². The summed E-state index contributed by atoms with van der Waals surface area (Å²) in [4.78, 5) is 6.67. The number of hydrogen-bond acceptors (Lipinski definition) is 4. The molecule has 0 aliphatic carbocycles. The molecule has 2 saturated heterocycles. The van der Waals surface area contributed by atoms with Gasteiger partial charge in [0, 0.05) is 18.8 Å². The second kappa shape index (κ2) is 4.25. The van der Waals surface area contributed by atoms with Crippen molar-refractivity contribution in [1.29, 1.82) is 5.26 Å². The Morgan fingerprint density at radius 1 is 1.33 bits per heavy atom. The summed E-state index contributed by atoms with van der Waals surface area (Å²) in [6.45, 7) is 5.68. The summed E-state index contributed by atoms with van der Waals surface area (Å²) in [6, 6.07) is 4.32. The third-order valence-corrected chi connectivity index (χ3v) is 3.80. The number of anilines is 1. The Labute approximate surface area is 107 Å². The Morgan fingerprint density at radius 2 is 2.00 bits per heavy atom. The largest absolute Gasteiger partial charge is 0.371 e. The van der Waals surface area contributed by atoms with E-state index in [2.05, 4.69) is 16.0 Å². The highest BCUT2D eigenvalue weighted by Crippen LogP contribution is 2.32. The fourth-order valence-corrected chi connectivity index (χ4v) is 3.01. The van der Waals surface area contributed by atoms with Gasteiger partial charge >= 0.3 is 0 Å². The molecule has 3 rings (SSSR count). The Morgan fingerprint density at radius 3 is 2.61 bits per heavy atom. The van der Waals surface area contributed by atoms with E-state index in [1.807, 2.05) is 19.9 Å². The minimum Gasteiger partial charge on any atom is -0.371 e. The van der Waals surface area contributed by atoms with Gasteiger partial charge in [-0.25, -0.2) is 0 Å². The molecule has 2 bridgehead atoms. The maximum Gasteiger partial charge on any atom is 0.103 e. The van der Waals surface area contributed by atoms with Gasteiger partial charge in [-0.3, -0.25) is 4.98 Å². The van der Waals surface area contributed by atoms with Gasteiger partial charge in [-0.15, -0.1) is 0 Å². The number of aryl methyl sites for hydroxylation is 2. The van der Waals surface area contributed by atoms with Crippen LogP contribution in [0.3, 0.4) is 0 Å². The number of aromatic nitrogens is 1. The molecule has 2 fully saturated rings. The summed E-state index contributed by atoms with van der Waals surface area (Å²) in [5.41, 5.74) is 3.54. The maximum absolute atomic E-state index is 9.32. The number of pyridine rings is 1. The van der Waals surface area contributed by atoms with Crippen LogP contribution in [0.1, 0.15) is 29.8 Å². The average Bonchev–Trinajstić information content (AvgIpc) is 2.67. The van der Waals surface area contributed by atoms with E-state index >= 15 is 0 Å². The highest BCUT2D eigenvalue weighted by Gasteiger charge is 2.34. The van der Waals surface area contributed by atoms with Gasteiger partial charge < -0.3 is 9.64 Å². The number of nitriles is 1. The molecule has 18 heavy (non-hydrogen) atoms. The van der Waals surface area contributed by atoms with Gasteiger partial charge in [-0.05, 0) is 32.8 Å². The zero-order chi connectivity index (χ0) is 12.7. The van der Waals surface area contributed by atoms with Crippen LogP contribution in [-0.4, -0.2) is 30.3 Å². The lowest BCUT2D eigenvalue weighted by Crippen LogP contribution is -2.43. The van der Waals surface area contributed by atoms with Gasteiger partial charge in [-0.2, -0.15) is 5.26 Å². The zero-order valence-electron chi connectivity index (χ0n) is 10.8. The number of rotatable bonds is 1.